The molecular weight excluding hydrogens is 565 g/mol. The highest BCUT2D eigenvalue weighted by Crippen LogP contribution is 2.54. The number of sulfone groups is 2. The molecule has 0 radical (unpaired) electrons. The number of carbonyl (C=O) groups is 1. The van der Waals surface area contributed by atoms with E-state index in [1.54, 1.807) is 38.1 Å². The lowest BCUT2D eigenvalue weighted by molar-refractivity contribution is 0.135. The summed E-state index contributed by atoms with van der Waals surface area (Å²) in [5.74, 6) is -1.62. The molecule has 0 saturated heterocycles. The number of amides is 1. The van der Waals surface area contributed by atoms with Gasteiger partial charge in [-0.3, -0.25) is 0 Å². The fourth-order valence-corrected chi connectivity index (χ4v) is 6.77. The Morgan fingerprint density at radius 1 is 0.769 bits per heavy atom. The summed E-state index contributed by atoms with van der Waals surface area (Å²) >= 11 is 0. The van der Waals surface area contributed by atoms with E-state index < -0.39 is 45.1 Å². The summed E-state index contributed by atoms with van der Waals surface area (Å²) in [4.78, 5) is 12.8. The minimum Gasteiger partial charge on any atom is -0.445 e. The molecule has 1 atom stereocenters. The zero-order chi connectivity index (χ0) is 28.8. The first kappa shape index (κ1) is 30.2. The van der Waals surface area contributed by atoms with Crippen LogP contribution in [-0.2, 0) is 35.6 Å². The van der Waals surface area contributed by atoms with Crippen LogP contribution in [0.5, 0.6) is 11.5 Å². The first-order valence-electron chi connectivity index (χ1n) is 11.7. The zero-order valence-corrected chi connectivity index (χ0v) is 24.3. The van der Waals surface area contributed by atoms with Crippen molar-refractivity contribution in [3.8, 4) is 11.5 Å². The summed E-state index contributed by atoms with van der Waals surface area (Å²) in [5, 5.41) is 2.57. The van der Waals surface area contributed by atoms with E-state index in [0.717, 1.165) is 18.1 Å². The minimum atomic E-state index is -4.30. The maximum absolute atomic E-state index is 14.3. The molecule has 1 N–H and O–H groups in total. The molecule has 0 saturated carbocycles. The quantitative estimate of drug-likeness (QED) is 0.301. The number of carbonyl (C=O) groups excluding carboxylic acids is 1. The van der Waals surface area contributed by atoms with Gasteiger partial charge in [0.2, 0.25) is 0 Å². The van der Waals surface area contributed by atoms with Crippen LogP contribution in [0.3, 0.4) is 0 Å². The molecule has 0 aliphatic heterocycles. The number of ether oxygens (including phenoxy) is 1. The van der Waals surface area contributed by atoms with Gasteiger partial charge >= 0.3 is 13.7 Å². The third-order valence-electron chi connectivity index (χ3n) is 5.42. The Bertz CT molecular complexity index is 1460. The normalized spacial score (nSPS) is 12.9. The second-order valence-electron chi connectivity index (χ2n) is 9.10. The maximum Gasteiger partial charge on any atom is 0.453 e. The molecule has 1 amide bonds. The average molecular weight is 596 g/mol. The predicted molar refractivity (Wildman–Crippen MR) is 146 cm³/mol. The standard InChI is InChI=1S/C26H30NO9PS2/c1-19(2)25(27-26(28)34-18-20-8-6-5-7-9-20)37(29,35-21-10-14-23(15-11-21)38(3,30)31)36-22-12-16-24(17-13-22)39(4,32)33/h5-17,19,25H,18H2,1-4H3,(H,27,28). The lowest BCUT2D eigenvalue weighted by Gasteiger charge is -2.30. The van der Waals surface area contributed by atoms with E-state index in [0.29, 0.717) is 0 Å². The fourth-order valence-electron chi connectivity index (χ4n) is 3.42. The van der Waals surface area contributed by atoms with Gasteiger partial charge in [-0.05, 0) is 60.0 Å². The number of benzene rings is 3. The number of nitrogens with one attached hydrogen (secondary N) is 1. The largest absolute Gasteiger partial charge is 0.453 e. The molecule has 3 rings (SSSR count). The van der Waals surface area contributed by atoms with E-state index in [2.05, 4.69) is 5.32 Å². The molecule has 0 fully saturated rings. The van der Waals surface area contributed by atoms with Gasteiger partial charge in [0.25, 0.3) is 0 Å². The van der Waals surface area contributed by atoms with Crippen molar-refractivity contribution in [3.05, 3.63) is 84.4 Å². The van der Waals surface area contributed by atoms with Crippen LogP contribution in [0, 0.1) is 5.92 Å². The number of alkyl carbamates (subject to hydrolysis) is 1. The topological polar surface area (TPSA) is 142 Å². The van der Waals surface area contributed by atoms with Crippen LogP contribution >= 0.6 is 7.60 Å². The first-order valence-corrected chi connectivity index (χ1v) is 17.1. The second-order valence-corrected chi connectivity index (χ2v) is 15.1. The van der Waals surface area contributed by atoms with Gasteiger partial charge in [-0.25, -0.2) is 26.2 Å². The SMILES string of the molecule is CC(C)C(NC(=O)OCc1ccccc1)P(=O)(Oc1ccc(S(C)(=O)=O)cc1)Oc1ccc(S(C)(=O)=O)cc1. The van der Waals surface area contributed by atoms with E-state index in [4.69, 9.17) is 13.8 Å². The molecular formula is C26H30NO9PS2. The molecule has 0 spiro atoms. The smallest absolute Gasteiger partial charge is 0.445 e. The molecule has 0 bridgehead atoms. The highest BCUT2D eigenvalue weighted by Gasteiger charge is 2.43. The minimum absolute atomic E-state index is 0.0244. The van der Waals surface area contributed by atoms with Gasteiger partial charge in [0, 0.05) is 12.5 Å². The summed E-state index contributed by atoms with van der Waals surface area (Å²) < 4.78 is 78.5. The fraction of sp³-hybridized carbons (Fsp3) is 0.269. The van der Waals surface area contributed by atoms with E-state index >= 15 is 0 Å². The lowest BCUT2D eigenvalue weighted by Crippen LogP contribution is -2.41. The average Bonchev–Trinajstić information content (AvgIpc) is 2.86. The van der Waals surface area contributed by atoms with E-state index in [1.165, 1.54) is 48.5 Å². The van der Waals surface area contributed by atoms with E-state index in [-0.39, 0.29) is 27.9 Å². The van der Waals surface area contributed by atoms with Crippen molar-refractivity contribution in [1.82, 2.24) is 5.32 Å². The van der Waals surface area contributed by atoms with Gasteiger partial charge in [-0.1, -0.05) is 44.2 Å². The van der Waals surface area contributed by atoms with E-state index in [1.807, 2.05) is 6.07 Å². The summed E-state index contributed by atoms with van der Waals surface area (Å²) in [7, 11) is -11.3. The third kappa shape index (κ3) is 8.58. The van der Waals surface area contributed by atoms with Gasteiger partial charge in [0.05, 0.1) is 9.79 Å². The molecule has 13 heteroatoms. The highest BCUT2D eigenvalue weighted by atomic mass is 32.2. The maximum atomic E-state index is 14.3. The van der Waals surface area contributed by atoms with Gasteiger partial charge in [0.1, 0.15) is 18.1 Å². The lowest BCUT2D eigenvalue weighted by atomic mass is 10.2. The van der Waals surface area contributed by atoms with Crippen molar-refractivity contribution < 1.29 is 40.0 Å². The monoisotopic (exact) mass is 595 g/mol. The van der Waals surface area contributed by atoms with E-state index in [9.17, 15) is 26.2 Å². The Morgan fingerprint density at radius 2 is 1.21 bits per heavy atom. The van der Waals surface area contributed by atoms with Crippen molar-refractivity contribution in [2.24, 2.45) is 5.92 Å². The third-order valence-corrected chi connectivity index (χ3v) is 10.0. The Labute approximate surface area is 228 Å². The highest BCUT2D eigenvalue weighted by molar-refractivity contribution is 7.91. The summed E-state index contributed by atoms with van der Waals surface area (Å²) in [6.07, 6.45) is 1.25. The summed E-state index contributed by atoms with van der Waals surface area (Å²) in [5.41, 5.74) is 0.751. The van der Waals surface area contributed by atoms with Crippen molar-refractivity contribution in [2.75, 3.05) is 12.5 Å². The molecule has 1 unspecified atom stereocenters. The predicted octanol–water partition coefficient (Wildman–Crippen LogP) is 5.05. The van der Waals surface area contributed by atoms with Crippen molar-refractivity contribution in [3.63, 3.8) is 0 Å². The zero-order valence-electron chi connectivity index (χ0n) is 21.8. The Kier molecular flexibility index (Phi) is 9.47. The van der Waals surface area contributed by atoms with Crippen LogP contribution in [0.15, 0.2) is 88.7 Å². The van der Waals surface area contributed by atoms with Crippen LogP contribution in [0.2, 0.25) is 0 Å². The number of hydrogen-bond acceptors (Lipinski definition) is 9. The molecule has 0 aliphatic rings. The molecule has 0 aromatic heterocycles. The van der Waals surface area contributed by atoms with Crippen LogP contribution in [0.1, 0.15) is 19.4 Å². The summed E-state index contributed by atoms with van der Waals surface area (Å²) in [6.45, 7) is 3.37. The van der Waals surface area contributed by atoms with Gasteiger partial charge in [0.15, 0.2) is 25.5 Å². The van der Waals surface area contributed by atoms with Gasteiger partial charge < -0.3 is 19.1 Å². The number of rotatable bonds is 11. The van der Waals surface area contributed by atoms with Gasteiger partial charge in [-0.15, -0.1) is 0 Å². The molecule has 3 aromatic rings. The molecule has 39 heavy (non-hydrogen) atoms. The number of hydrogen-bond donors (Lipinski definition) is 1. The molecule has 0 heterocycles. The van der Waals surface area contributed by atoms with Gasteiger partial charge in [-0.2, -0.15) is 0 Å². The first-order chi connectivity index (χ1) is 18.2. The van der Waals surface area contributed by atoms with Crippen molar-refractivity contribution in [2.45, 2.75) is 36.0 Å². The molecule has 3 aromatic carbocycles. The van der Waals surface area contributed by atoms with Crippen LogP contribution in [-0.4, -0.2) is 41.2 Å². The van der Waals surface area contributed by atoms with Crippen LogP contribution in [0.4, 0.5) is 4.79 Å². The molecule has 0 aliphatic carbocycles. The Balaban J connectivity index is 1.92. The Hall–Kier alpha value is -3.34. The molecule has 10 nitrogen and oxygen atoms in total. The molecule has 210 valence electrons. The van der Waals surface area contributed by atoms with Crippen molar-refractivity contribution >= 4 is 33.4 Å². The van der Waals surface area contributed by atoms with Crippen molar-refractivity contribution in [1.29, 1.82) is 0 Å². The summed E-state index contributed by atoms with van der Waals surface area (Å²) in [6, 6.07) is 19.5. The van der Waals surface area contributed by atoms with Crippen LogP contribution < -0.4 is 14.4 Å². The van der Waals surface area contributed by atoms with Crippen LogP contribution in [0.25, 0.3) is 0 Å². The second kappa shape index (κ2) is 12.2. The Morgan fingerprint density at radius 3 is 1.59 bits per heavy atom.